The summed E-state index contributed by atoms with van der Waals surface area (Å²) in [6.45, 7) is 0. The fourth-order valence-electron chi connectivity index (χ4n) is 1.70. The van der Waals surface area contributed by atoms with Crippen LogP contribution in [0.15, 0.2) is 28.9 Å². The lowest BCUT2D eigenvalue weighted by Crippen LogP contribution is -2.09. The van der Waals surface area contributed by atoms with Crippen molar-refractivity contribution < 1.29 is 9.50 Å². The number of nitrogens with zero attached hydrogens (tertiary/aromatic N) is 2. The van der Waals surface area contributed by atoms with Crippen LogP contribution < -0.4 is 0 Å². The summed E-state index contributed by atoms with van der Waals surface area (Å²) in [7, 11) is 1.70. The van der Waals surface area contributed by atoms with Crippen molar-refractivity contribution in [2.75, 3.05) is 0 Å². The Labute approximate surface area is 117 Å². The second-order valence-electron chi connectivity index (χ2n) is 3.95. The van der Waals surface area contributed by atoms with Crippen LogP contribution >= 0.6 is 27.5 Å². The predicted molar refractivity (Wildman–Crippen MR) is 71.0 cm³/mol. The number of rotatable bonds is 3. The molecule has 0 amide bonds. The molecule has 0 aliphatic carbocycles. The zero-order chi connectivity index (χ0) is 13.3. The number of aliphatic hydroxyl groups is 1. The Morgan fingerprint density at radius 3 is 2.83 bits per heavy atom. The number of benzene rings is 1. The molecule has 2 aromatic rings. The van der Waals surface area contributed by atoms with E-state index in [4.69, 9.17) is 11.6 Å². The molecule has 1 aromatic carbocycles. The summed E-state index contributed by atoms with van der Waals surface area (Å²) >= 11 is 9.02. The summed E-state index contributed by atoms with van der Waals surface area (Å²) in [6, 6.07) is 4.73. The Hall–Kier alpha value is -0.910. The van der Waals surface area contributed by atoms with E-state index in [1.807, 2.05) is 0 Å². The van der Waals surface area contributed by atoms with Crippen molar-refractivity contribution in [2.24, 2.45) is 7.05 Å². The number of halogens is 3. The molecule has 2 rings (SSSR count). The molecule has 0 fully saturated rings. The lowest BCUT2D eigenvalue weighted by atomic mass is 10.1. The molecule has 0 aliphatic rings. The summed E-state index contributed by atoms with van der Waals surface area (Å²) in [4.78, 5) is 4.01. The SMILES string of the molecule is Cn1c(Cl)cnc1C(O)Cc1ccc(Br)cc1F. The predicted octanol–water partition coefficient (Wildman–Crippen LogP) is 3.25. The molecule has 1 N–H and O–H groups in total. The minimum atomic E-state index is -0.891. The van der Waals surface area contributed by atoms with E-state index in [1.54, 1.807) is 23.7 Å². The zero-order valence-corrected chi connectivity index (χ0v) is 11.9. The largest absolute Gasteiger partial charge is 0.385 e. The van der Waals surface area contributed by atoms with Crippen LogP contribution in [0.3, 0.4) is 0 Å². The number of aromatic nitrogens is 2. The minimum Gasteiger partial charge on any atom is -0.385 e. The van der Waals surface area contributed by atoms with Crippen molar-refractivity contribution in [3.63, 3.8) is 0 Å². The first-order valence-electron chi connectivity index (χ1n) is 5.28. The first-order chi connectivity index (χ1) is 8.49. The molecular formula is C12H11BrClFN2O. The van der Waals surface area contributed by atoms with Crippen LogP contribution in [-0.4, -0.2) is 14.7 Å². The average Bonchev–Trinajstić information content (AvgIpc) is 2.64. The maximum atomic E-state index is 13.6. The lowest BCUT2D eigenvalue weighted by molar-refractivity contribution is 0.164. The molecule has 1 unspecified atom stereocenters. The molecule has 18 heavy (non-hydrogen) atoms. The van der Waals surface area contributed by atoms with Crippen molar-refractivity contribution in [2.45, 2.75) is 12.5 Å². The van der Waals surface area contributed by atoms with Gasteiger partial charge >= 0.3 is 0 Å². The lowest BCUT2D eigenvalue weighted by Gasteiger charge is -2.11. The Kier molecular flexibility index (Phi) is 4.04. The van der Waals surface area contributed by atoms with Gasteiger partial charge in [-0.15, -0.1) is 0 Å². The quantitative estimate of drug-likeness (QED) is 0.936. The maximum Gasteiger partial charge on any atom is 0.138 e. The summed E-state index contributed by atoms with van der Waals surface area (Å²) in [5, 5.41) is 10.5. The van der Waals surface area contributed by atoms with Gasteiger partial charge in [-0.25, -0.2) is 9.37 Å². The Balaban J connectivity index is 2.21. The molecule has 0 aliphatic heterocycles. The van der Waals surface area contributed by atoms with Crippen molar-refractivity contribution in [3.8, 4) is 0 Å². The summed E-state index contributed by atoms with van der Waals surface area (Å²) < 4.78 is 15.9. The molecule has 3 nitrogen and oxygen atoms in total. The van der Waals surface area contributed by atoms with Gasteiger partial charge in [0.1, 0.15) is 22.9 Å². The highest BCUT2D eigenvalue weighted by atomic mass is 79.9. The van der Waals surface area contributed by atoms with Gasteiger partial charge in [-0.2, -0.15) is 0 Å². The number of imidazole rings is 1. The fourth-order valence-corrected chi connectivity index (χ4v) is 2.17. The standard InChI is InChI=1S/C12H11BrClFN2O/c1-17-11(14)6-16-12(17)10(18)4-7-2-3-8(13)5-9(7)15/h2-3,5-6,10,18H,4H2,1H3. The number of hydrogen-bond acceptors (Lipinski definition) is 2. The number of hydrogen-bond donors (Lipinski definition) is 1. The van der Waals surface area contributed by atoms with Gasteiger partial charge in [0.05, 0.1) is 6.20 Å². The van der Waals surface area contributed by atoms with E-state index in [9.17, 15) is 9.50 Å². The topological polar surface area (TPSA) is 38.0 Å². The molecule has 6 heteroatoms. The van der Waals surface area contributed by atoms with Crippen molar-refractivity contribution in [1.82, 2.24) is 9.55 Å². The van der Waals surface area contributed by atoms with Crippen LogP contribution in [0.5, 0.6) is 0 Å². The van der Waals surface area contributed by atoms with E-state index in [1.165, 1.54) is 12.3 Å². The van der Waals surface area contributed by atoms with E-state index in [0.717, 1.165) is 0 Å². The van der Waals surface area contributed by atoms with Gasteiger partial charge in [0.25, 0.3) is 0 Å². The molecule has 96 valence electrons. The molecule has 0 spiro atoms. The van der Waals surface area contributed by atoms with Crippen LogP contribution in [-0.2, 0) is 13.5 Å². The highest BCUT2D eigenvalue weighted by molar-refractivity contribution is 9.10. The molecule has 1 aromatic heterocycles. The van der Waals surface area contributed by atoms with Gasteiger partial charge in [0, 0.05) is 17.9 Å². The Bertz CT molecular complexity index is 573. The third-order valence-electron chi connectivity index (χ3n) is 2.69. The molecule has 0 bridgehead atoms. The van der Waals surface area contributed by atoms with Crippen molar-refractivity contribution in [1.29, 1.82) is 0 Å². The summed E-state index contributed by atoms with van der Waals surface area (Å²) in [5.74, 6) is 0.0612. The van der Waals surface area contributed by atoms with E-state index in [-0.39, 0.29) is 12.2 Å². The first-order valence-corrected chi connectivity index (χ1v) is 6.45. The van der Waals surface area contributed by atoms with E-state index < -0.39 is 6.10 Å². The smallest absolute Gasteiger partial charge is 0.138 e. The van der Waals surface area contributed by atoms with Crippen LogP contribution in [0.25, 0.3) is 0 Å². The van der Waals surface area contributed by atoms with Crippen molar-refractivity contribution in [3.05, 3.63) is 51.2 Å². The Morgan fingerprint density at radius 1 is 1.56 bits per heavy atom. The second-order valence-corrected chi connectivity index (χ2v) is 5.26. The zero-order valence-electron chi connectivity index (χ0n) is 9.57. The van der Waals surface area contributed by atoms with Crippen molar-refractivity contribution >= 4 is 27.5 Å². The van der Waals surface area contributed by atoms with Crippen LogP contribution in [0.4, 0.5) is 4.39 Å². The normalized spacial score (nSPS) is 12.7. The van der Waals surface area contributed by atoms with Gasteiger partial charge < -0.3 is 9.67 Å². The monoisotopic (exact) mass is 332 g/mol. The Morgan fingerprint density at radius 2 is 2.28 bits per heavy atom. The van der Waals surface area contributed by atoms with Crippen LogP contribution in [0.2, 0.25) is 5.15 Å². The number of aliphatic hydroxyl groups excluding tert-OH is 1. The minimum absolute atomic E-state index is 0.153. The highest BCUT2D eigenvalue weighted by Gasteiger charge is 2.17. The summed E-state index contributed by atoms with van der Waals surface area (Å²) in [5.41, 5.74) is 0.435. The summed E-state index contributed by atoms with van der Waals surface area (Å²) in [6.07, 6.45) is 0.719. The van der Waals surface area contributed by atoms with E-state index in [2.05, 4.69) is 20.9 Å². The molecule has 0 radical (unpaired) electrons. The molecule has 0 saturated heterocycles. The third kappa shape index (κ3) is 2.74. The van der Waals surface area contributed by atoms with Gasteiger partial charge in [0.2, 0.25) is 0 Å². The third-order valence-corrected chi connectivity index (χ3v) is 3.54. The van der Waals surface area contributed by atoms with Crippen LogP contribution in [0.1, 0.15) is 17.5 Å². The molecule has 0 saturated carbocycles. The second kappa shape index (κ2) is 5.38. The van der Waals surface area contributed by atoms with Gasteiger partial charge in [-0.05, 0) is 17.7 Å². The molecule has 1 heterocycles. The highest BCUT2D eigenvalue weighted by Crippen LogP contribution is 2.23. The van der Waals surface area contributed by atoms with E-state index >= 15 is 0 Å². The van der Waals surface area contributed by atoms with E-state index in [0.29, 0.717) is 21.0 Å². The fraction of sp³-hybridized carbons (Fsp3) is 0.250. The van der Waals surface area contributed by atoms with Gasteiger partial charge in [-0.3, -0.25) is 0 Å². The molecule has 1 atom stereocenters. The average molecular weight is 334 g/mol. The molecular weight excluding hydrogens is 322 g/mol. The maximum absolute atomic E-state index is 13.6. The first kappa shape index (κ1) is 13.5. The van der Waals surface area contributed by atoms with Gasteiger partial charge in [0.15, 0.2) is 0 Å². The van der Waals surface area contributed by atoms with Crippen LogP contribution in [0, 0.1) is 5.82 Å². The van der Waals surface area contributed by atoms with Gasteiger partial charge in [-0.1, -0.05) is 33.6 Å².